The van der Waals surface area contributed by atoms with Crippen molar-refractivity contribution in [2.75, 3.05) is 0 Å². The van der Waals surface area contributed by atoms with E-state index in [2.05, 4.69) is 30.6 Å². The number of allylic oxidation sites excluding steroid dienone is 4. The van der Waals surface area contributed by atoms with E-state index in [1.54, 1.807) is 44.2 Å². The fourth-order valence-electron chi connectivity index (χ4n) is 4.43. The molecule has 1 aliphatic carbocycles. The van der Waals surface area contributed by atoms with Gasteiger partial charge in [0, 0.05) is 11.5 Å². The second-order valence-corrected chi connectivity index (χ2v) is 8.22. The van der Waals surface area contributed by atoms with Crippen molar-refractivity contribution in [3.63, 3.8) is 0 Å². The maximum atomic E-state index is 14.6. The average molecular weight is 458 g/mol. The fraction of sp³-hybridized carbons (Fsp3) is 0.318. The molecule has 2 heterocycles. The van der Waals surface area contributed by atoms with Crippen molar-refractivity contribution in [3.05, 3.63) is 65.8 Å². The van der Waals surface area contributed by atoms with Gasteiger partial charge in [-0.3, -0.25) is 0 Å². The lowest BCUT2D eigenvalue weighted by atomic mass is 9.64. The van der Waals surface area contributed by atoms with Gasteiger partial charge in [-0.05, 0) is 28.7 Å². The Morgan fingerprint density at radius 3 is 2.45 bits per heavy atom. The first kappa shape index (κ1) is 22.4. The van der Waals surface area contributed by atoms with E-state index >= 15 is 0 Å². The van der Waals surface area contributed by atoms with Crippen molar-refractivity contribution in [1.29, 1.82) is 0 Å². The van der Waals surface area contributed by atoms with Gasteiger partial charge in [0.2, 0.25) is 5.82 Å². The van der Waals surface area contributed by atoms with Gasteiger partial charge in [-0.1, -0.05) is 56.3 Å². The summed E-state index contributed by atoms with van der Waals surface area (Å²) in [5.41, 5.74) is -0.599. The molecular weight excluding hydrogens is 437 g/mol. The number of nitrogens with one attached hydrogen (secondary N) is 2. The van der Waals surface area contributed by atoms with Crippen LogP contribution >= 0.6 is 0 Å². The van der Waals surface area contributed by atoms with Crippen LogP contribution in [0.5, 0.6) is 0 Å². The summed E-state index contributed by atoms with van der Waals surface area (Å²) in [4.78, 5) is 17.8. The van der Waals surface area contributed by atoms with Gasteiger partial charge in [0.1, 0.15) is 11.5 Å². The van der Waals surface area contributed by atoms with Crippen molar-refractivity contribution in [1.82, 2.24) is 30.6 Å². The zero-order valence-corrected chi connectivity index (χ0v) is 17.8. The number of halogens is 3. The summed E-state index contributed by atoms with van der Waals surface area (Å²) in [6.07, 6.45) is 0.267. The van der Waals surface area contributed by atoms with Gasteiger partial charge in [0.25, 0.3) is 0 Å². The van der Waals surface area contributed by atoms with Crippen molar-refractivity contribution < 1.29 is 23.1 Å². The molecule has 4 rings (SSSR count). The van der Waals surface area contributed by atoms with E-state index in [9.17, 15) is 23.1 Å². The topological polar surface area (TPSA) is 120 Å². The number of carbonyl (C=O) groups is 1. The first-order valence-corrected chi connectivity index (χ1v) is 10.2. The van der Waals surface area contributed by atoms with Crippen LogP contribution in [0.25, 0.3) is 17.0 Å². The van der Waals surface area contributed by atoms with Crippen LogP contribution < -0.4 is 0 Å². The van der Waals surface area contributed by atoms with Gasteiger partial charge in [0.05, 0.1) is 11.6 Å². The minimum atomic E-state index is -4.61. The Morgan fingerprint density at radius 2 is 1.94 bits per heavy atom. The zero-order valence-electron chi connectivity index (χ0n) is 17.8. The Labute approximate surface area is 186 Å². The van der Waals surface area contributed by atoms with Crippen LogP contribution in [0.4, 0.5) is 13.2 Å². The second-order valence-electron chi connectivity index (χ2n) is 8.22. The van der Waals surface area contributed by atoms with Crippen LogP contribution in [0, 0.1) is 11.3 Å². The largest absolute Gasteiger partial charge is 0.477 e. The fourth-order valence-corrected chi connectivity index (χ4v) is 4.43. The first-order valence-electron chi connectivity index (χ1n) is 10.2. The highest BCUT2D eigenvalue weighted by atomic mass is 19.4. The number of hydrogen-bond donors (Lipinski definition) is 3. The van der Waals surface area contributed by atoms with Gasteiger partial charge in [0.15, 0.2) is 0 Å². The Bertz CT molecular complexity index is 1210. The summed E-state index contributed by atoms with van der Waals surface area (Å²) in [5.74, 6) is -2.55. The van der Waals surface area contributed by atoms with E-state index in [1.807, 2.05) is 0 Å². The zero-order chi connectivity index (χ0) is 23.8. The molecule has 0 amide bonds. The van der Waals surface area contributed by atoms with Crippen molar-refractivity contribution in [2.45, 2.75) is 32.4 Å². The number of nitrogens with zero attached hydrogens (tertiary/aromatic N) is 4. The number of tetrazole rings is 1. The lowest BCUT2D eigenvalue weighted by molar-refractivity contribution is -0.217. The lowest BCUT2D eigenvalue weighted by Crippen LogP contribution is -2.44. The Morgan fingerprint density at radius 1 is 1.21 bits per heavy atom. The SMILES string of the molecule is CC(C)C(c1ncc(C(=O)O)[nH]1)C1(C(F)(F)F)C=CC(c2ccccc2-c2nn[nH]n2)=CC1. The van der Waals surface area contributed by atoms with E-state index < -0.39 is 29.4 Å². The van der Waals surface area contributed by atoms with Crippen LogP contribution in [0.3, 0.4) is 0 Å². The van der Waals surface area contributed by atoms with Crippen molar-refractivity contribution >= 4 is 11.5 Å². The molecule has 0 saturated carbocycles. The smallest absolute Gasteiger partial charge is 0.398 e. The maximum Gasteiger partial charge on any atom is 0.398 e. The van der Waals surface area contributed by atoms with Crippen LogP contribution in [-0.4, -0.2) is 47.8 Å². The van der Waals surface area contributed by atoms with Crippen molar-refractivity contribution in [2.24, 2.45) is 11.3 Å². The molecule has 2 aromatic heterocycles. The van der Waals surface area contributed by atoms with Gasteiger partial charge in [-0.25, -0.2) is 9.78 Å². The third kappa shape index (κ3) is 3.94. The molecule has 33 heavy (non-hydrogen) atoms. The van der Waals surface area contributed by atoms with Gasteiger partial charge in [-0.15, -0.1) is 10.2 Å². The predicted octanol–water partition coefficient (Wildman–Crippen LogP) is 4.62. The molecule has 8 nitrogen and oxygen atoms in total. The molecular formula is C22H21F3N6O2. The monoisotopic (exact) mass is 458 g/mol. The number of benzene rings is 1. The third-order valence-electron chi connectivity index (χ3n) is 5.91. The first-order chi connectivity index (χ1) is 15.6. The Hall–Kier alpha value is -3.76. The maximum absolute atomic E-state index is 14.6. The average Bonchev–Trinajstić information content (AvgIpc) is 3.46. The molecule has 1 aliphatic rings. The highest BCUT2D eigenvalue weighted by molar-refractivity contribution is 5.85. The quantitative estimate of drug-likeness (QED) is 0.496. The molecule has 0 spiro atoms. The minimum Gasteiger partial charge on any atom is -0.477 e. The van der Waals surface area contributed by atoms with E-state index in [0.717, 1.165) is 6.20 Å². The molecule has 0 aliphatic heterocycles. The molecule has 172 valence electrons. The van der Waals surface area contributed by atoms with E-state index in [1.165, 1.54) is 12.2 Å². The molecule has 0 saturated heterocycles. The number of aromatic carboxylic acids is 1. The summed E-state index contributed by atoms with van der Waals surface area (Å²) >= 11 is 0. The standard InChI is InChI=1S/C22H21F3N6O2/c1-12(2)17(19-26-11-16(27-19)20(32)33)21(22(23,24)25)9-7-13(8-10-21)14-5-3-4-6-15(14)18-28-30-31-29-18/h3-9,11-12,17H,10H2,1-2H3,(H,26,27)(H,32,33)(H,28,29,30,31). The molecule has 11 heteroatoms. The van der Waals surface area contributed by atoms with E-state index in [4.69, 9.17) is 0 Å². The number of carboxylic acids is 1. The van der Waals surface area contributed by atoms with Gasteiger partial charge < -0.3 is 10.1 Å². The summed E-state index contributed by atoms with van der Waals surface area (Å²) < 4.78 is 43.9. The molecule has 2 atom stereocenters. The predicted molar refractivity (Wildman–Crippen MR) is 113 cm³/mol. The number of aromatic nitrogens is 6. The van der Waals surface area contributed by atoms with Crippen LogP contribution in [0.2, 0.25) is 0 Å². The molecule has 2 unspecified atom stereocenters. The van der Waals surface area contributed by atoms with Gasteiger partial charge >= 0.3 is 12.1 Å². The van der Waals surface area contributed by atoms with E-state index in [-0.39, 0.29) is 17.9 Å². The number of aromatic amines is 2. The summed E-state index contributed by atoms with van der Waals surface area (Å²) in [6.45, 7) is 3.33. The van der Waals surface area contributed by atoms with Gasteiger partial charge in [-0.2, -0.15) is 18.4 Å². The molecule has 0 bridgehead atoms. The number of hydrogen-bond acceptors (Lipinski definition) is 5. The van der Waals surface area contributed by atoms with Crippen LogP contribution in [0.1, 0.15) is 48.1 Å². The minimum absolute atomic E-state index is 0.00609. The molecule has 0 radical (unpaired) electrons. The molecule has 3 N–H and O–H groups in total. The van der Waals surface area contributed by atoms with Crippen LogP contribution in [0.15, 0.2) is 48.7 Å². The second kappa shape index (κ2) is 8.30. The number of rotatable bonds is 6. The highest BCUT2D eigenvalue weighted by Gasteiger charge is 2.59. The Balaban J connectivity index is 1.77. The van der Waals surface area contributed by atoms with Crippen LogP contribution in [-0.2, 0) is 0 Å². The summed E-state index contributed by atoms with van der Waals surface area (Å²) in [5, 5.41) is 23.1. The molecule has 3 aromatic rings. The van der Waals surface area contributed by atoms with E-state index in [0.29, 0.717) is 22.5 Å². The Kier molecular flexibility index (Phi) is 5.64. The number of H-pyrrole nitrogens is 2. The lowest BCUT2D eigenvalue weighted by Gasteiger charge is -2.42. The van der Waals surface area contributed by atoms with Crippen molar-refractivity contribution in [3.8, 4) is 11.4 Å². The highest BCUT2D eigenvalue weighted by Crippen LogP contribution is 2.56. The number of carboxylic acid groups (broad SMARTS) is 1. The third-order valence-corrected chi connectivity index (χ3v) is 5.91. The summed E-state index contributed by atoms with van der Waals surface area (Å²) in [6, 6.07) is 7.13. The normalized spacial score (nSPS) is 19.5. The number of alkyl halides is 3. The number of imidazole rings is 1. The molecule has 1 aromatic carbocycles. The molecule has 0 fully saturated rings. The summed E-state index contributed by atoms with van der Waals surface area (Å²) in [7, 11) is 0.